The fourth-order valence-electron chi connectivity index (χ4n) is 0.785. The van der Waals surface area contributed by atoms with Gasteiger partial charge in [-0.25, -0.2) is 0 Å². The number of phenols is 1. The van der Waals surface area contributed by atoms with E-state index in [9.17, 15) is 5.11 Å². The molecule has 0 heterocycles. The van der Waals surface area contributed by atoms with Crippen molar-refractivity contribution in [1.29, 1.82) is 5.26 Å². The summed E-state index contributed by atoms with van der Waals surface area (Å²) in [5.41, 5.74) is 0.639. The van der Waals surface area contributed by atoms with Gasteiger partial charge in [-0.05, 0) is 18.2 Å². The standard InChI is InChI=1S/C9H6BrNO/c10-8-4-3-7(2-1-5-11)9(12)6-8/h1-4,6,12H. The molecule has 0 aromatic heterocycles. The predicted octanol–water partition coefficient (Wildman–Crippen LogP) is 2.69. The third-order valence-corrected chi connectivity index (χ3v) is 1.82. The lowest BCUT2D eigenvalue weighted by Gasteiger charge is -1.97. The molecular formula is C9H6BrNO. The van der Waals surface area contributed by atoms with Crippen molar-refractivity contribution in [2.45, 2.75) is 0 Å². The van der Waals surface area contributed by atoms with E-state index < -0.39 is 0 Å². The van der Waals surface area contributed by atoms with Gasteiger partial charge >= 0.3 is 0 Å². The Morgan fingerprint density at radius 2 is 2.25 bits per heavy atom. The van der Waals surface area contributed by atoms with E-state index in [1.807, 2.05) is 6.07 Å². The highest BCUT2D eigenvalue weighted by molar-refractivity contribution is 9.10. The Labute approximate surface area is 78.9 Å². The lowest BCUT2D eigenvalue weighted by molar-refractivity contribution is 0.473. The topological polar surface area (TPSA) is 44.0 Å². The number of aromatic hydroxyl groups is 1. The highest BCUT2D eigenvalue weighted by atomic mass is 79.9. The van der Waals surface area contributed by atoms with Crippen molar-refractivity contribution in [3.8, 4) is 11.8 Å². The molecule has 0 spiro atoms. The lowest BCUT2D eigenvalue weighted by Crippen LogP contribution is -1.73. The third-order valence-electron chi connectivity index (χ3n) is 1.33. The van der Waals surface area contributed by atoms with E-state index in [2.05, 4.69) is 15.9 Å². The first-order chi connectivity index (χ1) is 5.74. The zero-order valence-corrected chi connectivity index (χ0v) is 7.75. The normalized spacial score (nSPS) is 10.0. The van der Waals surface area contributed by atoms with Crippen LogP contribution in [0, 0.1) is 11.3 Å². The molecule has 0 unspecified atom stereocenters. The molecule has 1 N–H and O–H groups in total. The van der Waals surface area contributed by atoms with Gasteiger partial charge in [0.25, 0.3) is 0 Å². The number of allylic oxidation sites excluding steroid dienone is 1. The summed E-state index contributed by atoms with van der Waals surface area (Å²) in [7, 11) is 0. The maximum Gasteiger partial charge on any atom is 0.123 e. The average Bonchev–Trinajstić information content (AvgIpc) is 2.03. The molecule has 1 aromatic rings. The first kappa shape index (κ1) is 8.82. The fourth-order valence-corrected chi connectivity index (χ4v) is 1.13. The van der Waals surface area contributed by atoms with E-state index >= 15 is 0 Å². The fraction of sp³-hybridized carbons (Fsp3) is 0. The summed E-state index contributed by atoms with van der Waals surface area (Å²) >= 11 is 3.22. The molecule has 0 aliphatic carbocycles. The monoisotopic (exact) mass is 223 g/mol. The summed E-state index contributed by atoms with van der Waals surface area (Å²) < 4.78 is 0.814. The van der Waals surface area contributed by atoms with E-state index in [0.717, 1.165) is 4.47 Å². The number of benzene rings is 1. The summed E-state index contributed by atoms with van der Waals surface area (Å²) in [5, 5.41) is 17.6. The highest BCUT2D eigenvalue weighted by Crippen LogP contribution is 2.22. The summed E-state index contributed by atoms with van der Waals surface area (Å²) in [6.45, 7) is 0. The summed E-state index contributed by atoms with van der Waals surface area (Å²) in [5.74, 6) is 0.163. The molecular weight excluding hydrogens is 218 g/mol. The zero-order valence-electron chi connectivity index (χ0n) is 6.16. The Kier molecular flexibility index (Phi) is 2.89. The van der Waals surface area contributed by atoms with Crippen molar-refractivity contribution in [2.24, 2.45) is 0 Å². The molecule has 0 radical (unpaired) electrons. The SMILES string of the molecule is N#CC=Cc1ccc(Br)cc1O. The second kappa shape index (κ2) is 3.93. The Hall–Kier alpha value is -1.27. The zero-order chi connectivity index (χ0) is 8.97. The summed E-state index contributed by atoms with van der Waals surface area (Å²) in [6.07, 6.45) is 2.88. The second-order valence-electron chi connectivity index (χ2n) is 2.17. The molecule has 0 saturated heterocycles. The van der Waals surface area contributed by atoms with Gasteiger partial charge in [-0.1, -0.05) is 22.0 Å². The minimum Gasteiger partial charge on any atom is -0.507 e. The third kappa shape index (κ3) is 2.11. The number of nitrogens with zero attached hydrogens (tertiary/aromatic N) is 1. The molecule has 0 aliphatic rings. The molecule has 0 atom stereocenters. The molecule has 0 amide bonds. The van der Waals surface area contributed by atoms with Crippen LogP contribution in [0.3, 0.4) is 0 Å². The Balaban J connectivity index is 3.03. The molecule has 0 aliphatic heterocycles. The lowest BCUT2D eigenvalue weighted by atomic mass is 10.2. The predicted molar refractivity (Wildman–Crippen MR) is 50.5 cm³/mol. The number of hydrogen-bond acceptors (Lipinski definition) is 2. The van der Waals surface area contributed by atoms with Gasteiger partial charge in [0, 0.05) is 16.1 Å². The van der Waals surface area contributed by atoms with Crippen LogP contribution in [0.25, 0.3) is 6.08 Å². The molecule has 12 heavy (non-hydrogen) atoms. The van der Waals surface area contributed by atoms with Crippen molar-refractivity contribution >= 4 is 22.0 Å². The molecule has 0 fully saturated rings. The molecule has 0 saturated carbocycles. The molecule has 60 valence electrons. The number of phenolic OH excluding ortho intramolecular Hbond substituents is 1. The van der Waals surface area contributed by atoms with Crippen molar-refractivity contribution in [1.82, 2.24) is 0 Å². The van der Waals surface area contributed by atoms with Crippen LogP contribution in [-0.4, -0.2) is 5.11 Å². The van der Waals surface area contributed by atoms with E-state index in [-0.39, 0.29) is 5.75 Å². The molecule has 1 aromatic carbocycles. The van der Waals surface area contributed by atoms with Gasteiger partial charge in [0.15, 0.2) is 0 Å². The van der Waals surface area contributed by atoms with E-state index in [1.165, 1.54) is 6.08 Å². The molecule has 3 heteroatoms. The van der Waals surface area contributed by atoms with E-state index in [1.54, 1.807) is 24.3 Å². The maximum atomic E-state index is 9.33. The molecule has 1 rings (SSSR count). The Morgan fingerprint density at radius 1 is 1.50 bits per heavy atom. The van der Waals surface area contributed by atoms with Crippen LogP contribution in [0.15, 0.2) is 28.7 Å². The number of halogens is 1. The largest absolute Gasteiger partial charge is 0.507 e. The summed E-state index contributed by atoms with van der Waals surface area (Å²) in [6, 6.07) is 6.97. The van der Waals surface area contributed by atoms with Crippen LogP contribution in [-0.2, 0) is 0 Å². The number of rotatable bonds is 1. The minimum atomic E-state index is 0.163. The smallest absolute Gasteiger partial charge is 0.123 e. The van der Waals surface area contributed by atoms with E-state index in [4.69, 9.17) is 5.26 Å². The van der Waals surface area contributed by atoms with Crippen LogP contribution in [0.4, 0.5) is 0 Å². The number of hydrogen-bond donors (Lipinski definition) is 1. The Bertz CT molecular complexity index is 352. The van der Waals surface area contributed by atoms with Gasteiger partial charge in [-0.3, -0.25) is 0 Å². The molecule has 2 nitrogen and oxygen atoms in total. The summed E-state index contributed by atoms with van der Waals surface area (Å²) in [4.78, 5) is 0. The van der Waals surface area contributed by atoms with Crippen LogP contribution < -0.4 is 0 Å². The van der Waals surface area contributed by atoms with Crippen molar-refractivity contribution in [2.75, 3.05) is 0 Å². The van der Waals surface area contributed by atoms with Crippen LogP contribution >= 0.6 is 15.9 Å². The minimum absolute atomic E-state index is 0.163. The van der Waals surface area contributed by atoms with Crippen molar-refractivity contribution < 1.29 is 5.11 Å². The van der Waals surface area contributed by atoms with Gasteiger partial charge in [0.05, 0.1) is 6.07 Å². The first-order valence-electron chi connectivity index (χ1n) is 3.28. The van der Waals surface area contributed by atoms with Crippen molar-refractivity contribution in [3.63, 3.8) is 0 Å². The Morgan fingerprint density at radius 3 is 2.83 bits per heavy atom. The first-order valence-corrected chi connectivity index (χ1v) is 4.08. The van der Waals surface area contributed by atoms with Crippen LogP contribution in [0.1, 0.15) is 5.56 Å². The highest BCUT2D eigenvalue weighted by Gasteiger charge is 1.96. The van der Waals surface area contributed by atoms with Crippen molar-refractivity contribution in [3.05, 3.63) is 34.3 Å². The van der Waals surface area contributed by atoms with Gasteiger partial charge in [0.2, 0.25) is 0 Å². The quantitative estimate of drug-likeness (QED) is 0.745. The van der Waals surface area contributed by atoms with Crippen LogP contribution in [0.2, 0.25) is 0 Å². The van der Waals surface area contributed by atoms with Gasteiger partial charge < -0.3 is 5.11 Å². The number of nitriles is 1. The van der Waals surface area contributed by atoms with Gasteiger partial charge in [-0.15, -0.1) is 0 Å². The van der Waals surface area contributed by atoms with Gasteiger partial charge in [-0.2, -0.15) is 5.26 Å². The second-order valence-corrected chi connectivity index (χ2v) is 3.08. The maximum absolute atomic E-state index is 9.33. The van der Waals surface area contributed by atoms with Gasteiger partial charge in [0.1, 0.15) is 5.75 Å². The van der Waals surface area contributed by atoms with Crippen LogP contribution in [0.5, 0.6) is 5.75 Å². The molecule has 0 bridgehead atoms. The average molecular weight is 224 g/mol. The van der Waals surface area contributed by atoms with E-state index in [0.29, 0.717) is 5.56 Å².